The number of hydrogen-bond donors (Lipinski definition) is 0. The molecule has 0 spiro atoms. The summed E-state index contributed by atoms with van der Waals surface area (Å²) < 4.78 is 25.8. The molecule has 1 fully saturated rings. The van der Waals surface area contributed by atoms with Crippen LogP contribution in [0.4, 0.5) is 4.39 Å². The first kappa shape index (κ1) is 14.6. The van der Waals surface area contributed by atoms with Gasteiger partial charge < -0.3 is 9.47 Å². The highest BCUT2D eigenvalue weighted by Crippen LogP contribution is 2.40. The second kappa shape index (κ2) is 4.95. The van der Waals surface area contributed by atoms with Crippen molar-refractivity contribution in [1.29, 1.82) is 0 Å². The van der Waals surface area contributed by atoms with Crippen LogP contribution in [0.15, 0.2) is 18.2 Å². The van der Waals surface area contributed by atoms with Crippen molar-refractivity contribution in [2.24, 2.45) is 0 Å². The molecule has 2 nitrogen and oxygen atoms in total. The molecule has 1 aromatic carbocycles. The summed E-state index contributed by atoms with van der Waals surface area (Å²) in [4.78, 5) is 0. The van der Waals surface area contributed by atoms with Crippen LogP contribution in [-0.2, 0) is 10.6 Å². The van der Waals surface area contributed by atoms with Crippen LogP contribution in [0.25, 0.3) is 0 Å². The summed E-state index contributed by atoms with van der Waals surface area (Å²) in [5.74, 6) is 0.0975. The first-order chi connectivity index (χ1) is 8.75. The molecule has 4 heteroatoms. The molecular weight excluding hydrogens is 267 g/mol. The average molecular weight is 287 g/mol. The molecule has 1 atom stereocenters. The maximum atomic E-state index is 13.9. The Balaban J connectivity index is 2.27. The lowest BCUT2D eigenvalue weighted by atomic mass is 9.97. The molecule has 0 N–H and O–H groups in total. The van der Waals surface area contributed by atoms with Crippen LogP contribution in [0.5, 0.6) is 5.75 Å². The van der Waals surface area contributed by atoms with Crippen LogP contribution >= 0.6 is 11.6 Å². The van der Waals surface area contributed by atoms with Crippen molar-refractivity contribution in [2.45, 2.75) is 57.3 Å². The molecule has 19 heavy (non-hydrogen) atoms. The van der Waals surface area contributed by atoms with Crippen LogP contribution in [0.1, 0.15) is 39.7 Å². The maximum Gasteiger partial charge on any atom is 0.165 e. The third-order valence-corrected chi connectivity index (χ3v) is 3.73. The van der Waals surface area contributed by atoms with E-state index in [0.717, 1.165) is 6.42 Å². The van der Waals surface area contributed by atoms with Crippen molar-refractivity contribution < 1.29 is 13.9 Å². The second-order valence-electron chi connectivity index (χ2n) is 6.14. The molecule has 1 aliphatic rings. The highest BCUT2D eigenvalue weighted by molar-refractivity contribution is 6.17. The fourth-order valence-corrected chi connectivity index (χ4v) is 2.84. The smallest absolute Gasteiger partial charge is 0.165 e. The van der Waals surface area contributed by atoms with Gasteiger partial charge >= 0.3 is 0 Å². The third kappa shape index (κ3) is 3.03. The van der Waals surface area contributed by atoms with E-state index in [-0.39, 0.29) is 29.2 Å². The van der Waals surface area contributed by atoms with Gasteiger partial charge in [-0.2, -0.15) is 0 Å². The van der Waals surface area contributed by atoms with Gasteiger partial charge in [-0.05, 0) is 33.8 Å². The fourth-order valence-electron chi connectivity index (χ4n) is 2.63. The van der Waals surface area contributed by atoms with E-state index in [4.69, 9.17) is 21.1 Å². The Morgan fingerprint density at radius 1 is 1.37 bits per heavy atom. The summed E-state index contributed by atoms with van der Waals surface area (Å²) in [7, 11) is 0. The monoisotopic (exact) mass is 286 g/mol. The minimum Gasteiger partial charge on any atom is -0.484 e. The predicted molar refractivity (Wildman–Crippen MR) is 74.2 cm³/mol. The Morgan fingerprint density at radius 3 is 2.58 bits per heavy atom. The molecule has 0 aromatic heterocycles. The standard InChI is InChI=1S/C15H20ClFO2/c1-14(2)8-12(15(3,4)19-14)18-13-10(9-16)6-5-7-11(13)17/h5-7,12H,8-9H2,1-4H3. The van der Waals surface area contributed by atoms with Crippen molar-refractivity contribution in [3.8, 4) is 5.75 Å². The molecule has 1 unspecified atom stereocenters. The SMILES string of the molecule is CC1(C)CC(Oc2c(F)cccc2CCl)C(C)(C)O1. The fraction of sp³-hybridized carbons (Fsp3) is 0.600. The van der Waals surface area contributed by atoms with Gasteiger partial charge in [0, 0.05) is 12.0 Å². The zero-order valence-corrected chi connectivity index (χ0v) is 12.6. The summed E-state index contributed by atoms with van der Waals surface area (Å²) in [5.41, 5.74) is -0.0437. The Bertz CT molecular complexity index is 471. The number of alkyl halides is 1. The summed E-state index contributed by atoms with van der Waals surface area (Å²) in [6.45, 7) is 7.96. The number of halogens is 2. The summed E-state index contributed by atoms with van der Waals surface area (Å²) in [5, 5.41) is 0. The Labute approximate surface area is 118 Å². The van der Waals surface area contributed by atoms with Crippen molar-refractivity contribution in [3.05, 3.63) is 29.6 Å². The van der Waals surface area contributed by atoms with E-state index >= 15 is 0 Å². The first-order valence-electron chi connectivity index (χ1n) is 6.45. The van der Waals surface area contributed by atoms with E-state index in [1.54, 1.807) is 12.1 Å². The molecule has 1 aliphatic heterocycles. The highest BCUT2D eigenvalue weighted by atomic mass is 35.5. The molecule has 0 amide bonds. The molecule has 2 rings (SSSR count). The van der Waals surface area contributed by atoms with Gasteiger partial charge in [-0.15, -0.1) is 11.6 Å². The van der Waals surface area contributed by atoms with Crippen LogP contribution in [0, 0.1) is 5.82 Å². The lowest BCUT2D eigenvalue weighted by molar-refractivity contribution is -0.0849. The van der Waals surface area contributed by atoms with Gasteiger partial charge in [-0.25, -0.2) is 4.39 Å². The van der Waals surface area contributed by atoms with Crippen molar-refractivity contribution >= 4 is 11.6 Å². The third-order valence-electron chi connectivity index (χ3n) is 3.44. The zero-order valence-electron chi connectivity index (χ0n) is 11.8. The second-order valence-corrected chi connectivity index (χ2v) is 6.40. The summed E-state index contributed by atoms with van der Waals surface area (Å²) in [6.07, 6.45) is 0.525. The molecule has 0 saturated carbocycles. The predicted octanol–water partition coefficient (Wildman–Crippen LogP) is 4.29. The number of hydrogen-bond acceptors (Lipinski definition) is 2. The molecule has 1 heterocycles. The average Bonchev–Trinajstić information content (AvgIpc) is 2.49. The van der Waals surface area contributed by atoms with Crippen LogP contribution in [0.3, 0.4) is 0 Å². The van der Waals surface area contributed by atoms with E-state index in [1.165, 1.54) is 6.07 Å². The number of rotatable bonds is 3. The van der Waals surface area contributed by atoms with Gasteiger partial charge in [-0.3, -0.25) is 0 Å². The van der Waals surface area contributed by atoms with E-state index in [9.17, 15) is 4.39 Å². The number of ether oxygens (including phenoxy) is 2. The topological polar surface area (TPSA) is 18.5 Å². The molecule has 0 aliphatic carbocycles. The minimum atomic E-state index is -0.449. The Kier molecular flexibility index (Phi) is 3.80. The van der Waals surface area contributed by atoms with E-state index in [2.05, 4.69) is 0 Å². The van der Waals surface area contributed by atoms with E-state index in [1.807, 2.05) is 27.7 Å². The van der Waals surface area contributed by atoms with E-state index < -0.39 is 5.60 Å². The Hall–Kier alpha value is -0.800. The minimum absolute atomic E-state index is 0.193. The first-order valence-corrected chi connectivity index (χ1v) is 6.99. The van der Waals surface area contributed by atoms with Crippen molar-refractivity contribution in [1.82, 2.24) is 0 Å². The van der Waals surface area contributed by atoms with Crippen molar-refractivity contribution in [3.63, 3.8) is 0 Å². The number of benzene rings is 1. The van der Waals surface area contributed by atoms with Crippen LogP contribution in [0.2, 0.25) is 0 Å². The van der Waals surface area contributed by atoms with Gasteiger partial charge in [0.1, 0.15) is 11.7 Å². The lowest BCUT2D eigenvalue weighted by Crippen LogP contribution is -2.37. The maximum absolute atomic E-state index is 13.9. The van der Waals surface area contributed by atoms with E-state index in [0.29, 0.717) is 5.56 Å². The zero-order chi connectivity index (χ0) is 14.3. The van der Waals surface area contributed by atoms with Crippen LogP contribution in [-0.4, -0.2) is 17.3 Å². The van der Waals surface area contributed by atoms with Gasteiger partial charge in [0.15, 0.2) is 11.6 Å². The molecule has 106 valence electrons. The summed E-state index contributed by atoms with van der Waals surface area (Å²) >= 11 is 5.84. The van der Waals surface area contributed by atoms with Crippen LogP contribution < -0.4 is 4.74 Å². The highest BCUT2D eigenvalue weighted by Gasteiger charge is 2.47. The molecule has 1 saturated heterocycles. The van der Waals surface area contributed by atoms with Gasteiger partial charge in [0.25, 0.3) is 0 Å². The quantitative estimate of drug-likeness (QED) is 0.772. The van der Waals surface area contributed by atoms with Gasteiger partial charge in [0.05, 0.1) is 11.5 Å². The molecule has 0 radical (unpaired) electrons. The van der Waals surface area contributed by atoms with Gasteiger partial charge in [-0.1, -0.05) is 12.1 Å². The Morgan fingerprint density at radius 2 is 2.05 bits per heavy atom. The largest absolute Gasteiger partial charge is 0.484 e. The molecule has 0 bridgehead atoms. The summed E-state index contributed by atoms with van der Waals surface area (Å²) in [6, 6.07) is 4.80. The lowest BCUT2D eigenvalue weighted by Gasteiger charge is -2.28. The van der Waals surface area contributed by atoms with Gasteiger partial charge in [0.2, 0.25) is 0 Å². The number of para-hydroxylation sites is 1. The normalized spacial score (nSPS) is 24.4. The van der Waals surface area contributed by atoms with Crippen molar-refractivity contribution in [2.75, 3.05) is 0 Å². The molecular formula is C15H20ClFO2. The molecule has 1 aromatic rings.